The minimum absolute atomic E-state index is 0.263. The molecule has 1 aromatic carbocycles. The number of benzene rings is 1. The van der Waals surface area contributed by atoms with Gasteiger partial charge in [0.15, 0.2) is 0 Å². The van der Waals surface area contributed by atoms with Crippen LogP contribution < -0.4 is 10.7 Å². The van der Waals surface area contributed by atoms with E-state index in [1.54, 1.807) is 17.5 Å². The standard InChI is InChI=1S/C15H12F3N3O2S/c16-15(17,18)11-5-3-10(4-6-11)8-20-21-13(22)9-19-14(23)12-2-1-7-24-12/h1-8H,9H2,(H,19,23)(H,21,22)/b20-8-. The first-order valence-corrected chi connectivity index (χ1v) is 7.55. The van der Waals surface area contributed by atoms with Crippen molar-refractivity contribution in [1.82, 2.24) is 10.7 Å². The van der Waals surface area contributed by atoms with Gasteiger partial charge in [0.05, 0.1) is 23.2 Å². The molecule has 1 aromatic heterocycles. The van der Waals surface area contributed by atoms with Crippen LogP contribution in [0.4, 0.5) is 13.2 Å². The molecule has 0 spiro atoms. The van der Waals surface area contributed by atoms with Gasteiger partial charge in [-0.05, 0) is 29.1 Å². The van der Waals surface area contributed by atoms with E-state index in [2.05, 4.69) is 15.8 Å². The number of thiophene rings is 1. The second-order valence-corrected chi connectivity index (χ2v) is 5.52. The molecule has 2 N–H and O–H groups in total. The molecular formula is C15H12F3N3O2S. The number of alkyl halides is 3. The lowest BCUT2D eigenvalue weighted by Gasteiger charge is -2.05. The molecule has 9 heteroatoms. The number of rotatable bonds is 5. The molecule has 126 valence electrons. The Morgan fingerprint density at radius 2 is 1.88 bits per heavy atom. The molecule has 0 saturated heterocycles. The highest BCUT2D eigenvalue weighted by Crippen LogP contribution is 2.28. The highest BCUT2D eigenvalue weighted by molar-refractivity contribution is 7.12. The average molecular weight is 355 g/mol. The van der Waals surface area contributed by atoms with Crippen LogP contribution in [0.2, 0.25) is 0 Å². The molecule has 1 heterocycles. The molecule has 0 aliphatic heterocycles. The van der Waals surface area contributed by atoms with E-state index in [-0.39, 0.29) is 12.5 Å². The molecule has 0 atom stereocenters. The normalized spacial score (nSPS) is 11.5. The third kappa shape index (κ3) is 5.20. The summed E-state index contributed by atoms with van der Waals surface area (Å²) in [7, 11) is 0. The summed E-state index contributed by atoms with van der Waals surface area (Å²) in [4.78, 5) is 23.6. The van der Waals surface area contributed by atoms with Crippen LogP contribution in [0.25, 0.3) is 0 Å². The van der Waals surface area contributed by atoms with Gasteiger partial charge in [-0.25, -0.2) is 5.43 Å². The Labute approximate surface area is 139 Å². The molecule has 0 unspecified atom stereocenters. The topological polar surface area (TPSA) is 70.6 Å². The van der Waals surface area contributed by atoms with Gasteiger partial charge in [0.2, 0.25) is 0 Å². The van der Waals surface area contributed by atoms with E-state index in [0.717, 1.165) is 12.1 Å². The quantitative estimate of drug-likeness (QED) is 0.639. The highest BCUT2D eigenvalue weighted by atomic mass is 32.1. The molecule has 0 aliphatic carbocycles. The Morgan fingerprint density at radius 1 is 1.17 bits per heavy atom. The van der Waals surface area contributed by atoms with Crippen molar-refractivity contribution in [2.75, 3.05) is 6.54 Å². The summed E-state index contributed by atoms with van der Waals surface area (Å²) in [6.45, 7) is -0.263. The van der Waals surface area contributed by atoms with E-state index < -0.39 is 17.6 Å². The predicted molar refractivity (Wildman–Crippen MR) is 83.8 cm³/mol. The Morgan fingerprint density at radius 3 is 2.46 bits per heavy atom. The second kappa shape index (κ2) is 7.73. The van der Waals surface area contributed by atoms with E-state index in [4.69, 9.17) is 0 Å². The first-order chi connectivity index (χ1) is 11.4. The minimum atomic E-state index is -4.40. The fourth-order valence-electron chi connectivity index (χ4n) is 1.63. The molecule has 0 aliphatic rings. The van der Waals surface area contributed by atoms with Crippen LogP contribution in [-0.2, 0) is 11.0 Å². The first-order valence-electron chi connectivity index (χ1n) is 6.67. The number of hydrogen-bond acceptors (Lipinski definition) is 4. The highest BCUT2D eigenvalue weighted by Gasteiger charge is 2.29. The largest absolute Gasteiger partial charge is 0.416 e. The summed E-state index contributed by atoms with van der Waals surface area (Å²) >= 11 is 1.25. The first kappa shape index (κ1) is 17.7. The molecule has 0 bridgehead atoms. The van der Waals surface area contributed by atoms with Gasteiger partial charge in [-0.1, -0.05) is 18.2 Å². The molecule has 5 nitrogen and oxygen atoms in total. The van der Waals surface area contributed by atoms with Crippen LogP contribution in [0, 0.1) is 0 Å². The summed E-state index contributed by atoms with van der Waals surface area (Å²) in [6.07, 6.45) is -3.19. The fourth-order valence-corrected chi connectivity index (χ4v) is 2.27. The van der Waals surface area contributed by atoms with Crippen LogP contribution in [0.3, 0.4) is 0 Å². The SMILES string of the molecule is O=C(CNC(=O)c1cccs1)N/N=C\c1ccc(C(F)(F)F)cc1. The number of amides is 2. The molecule has 2 aromatic rings. The Hall–Kier alpha value is -2.68. The molecule has 0 radical (unpaired) electrons. The zero-order valence-corrected chi connectivity index (χ0v) is 12.9. The predicted octanol–water partition coefficient (Wildman–Crippen LogP) is 2.65. The lowest BCUT2D eigenvalue weighted by molar-refractivity contribution is -0.137. The third-order valence-corrected chi connectivity index (χ3v) is 3.66. The third-order valence-electron chi connectivity index (χ3n) is 2.80. The van der Waals surface area contributed by atoms with Gasteiger partial charge < -0.3 is 5.32 Å². The minimum Gasteiger partial charge on any atom is -0.342 e. The van der Waals surface area contributed by atoms with Crippen molar-refractivity contribution in [3.8, 4) is 0 Å². The molecule has 2 amide bonds. The van der Waals surface area contributed by atoms with Crippen molar-refractivity contribution < 1.29 is 22.8 Å². The lowest BCUT2D eigenvalue weighted by atomic mass is 10.1. The molecule has 2 rings (SSSR count). The monoisotopic (exact) mass is 355 g/mol. The van der Waals surface area contributed by atoms with E-state index in [1.165, 1.54) is 29.7 Å². The van der Waals surface area contributed by atoms with Gasteiger partial charge >= 0.3 is 6.18 Å². The van der Waals surface area contributed by atoms with E-state index in [1.807, 2.05) is 0 Å². The number of halogens is 3. The van der Waals surface area contributed by atoms with Crippen LogP contribution in [0.5, 0.6) is 0 Å². The van der Waals surface area contributed by atoms with Crippen molar-refractivity contribution in [2.45, 2.75) is 6.18 Å². The van der Waals surface area contributed by atoms with Gasteiger partial charge in [-0.3, -0.25) is 9.59 Å². The summed E-state index contributed by atoms with van der Waals surface area (Å²) < 4.78 is 37.2. The van der Waals surface area contributed by atoms with E-state index in [9.17, 15) is 22.8 Å². The summed E-state index contributed by atoms with van der Waals surface area (Å²) in [6, 6.07) is 7.65. The summed E-state index contributed by atoms with van der Waals surface area (Å²) in [5.41, 5.74) is 1.80. The molecule has 24 heavy (non-hydrogen) atoms. The smallest absolute Gasteiger partial charge is 0.342 e. The second-order valence-electron chi connectivity index (χ2n) is 4.57. The maximum atomic E-state index is 12.4. The van der Waals surface area contributed by atoms with E-state index >= 15 is 0 Å². The number of carbonyl (C=O) groups excluding carboxylic acids is 2. The number of hydrazone groups is 1. The van der Waals surface area contributed by atoms with Crippen LogP contribution in [-0.4, -0.2) is 24.6 Å². The number of hydrogen-bond donors (Lipinski definition) is 2. The zero-order valence-electron chi connectivity index (χ0n) is 12.1. The van der Waals surface area contributed by atoms with Crippen molar-refractivity contribution in [3.05, 3.63) is 57.8 Å². The number of nitrogens with one attached hydrogen (secondary N) is 2. The van der Waals surface area contributed by atoms with Gasteiger partial charge in [-0.15, -0.1) is 11.3 Å². The fraction of sp³-hybridized carbons (Fsp3) is 0.133. The van der Waals surface area contributed by atoms with Crippen LogP contribution >= 0.6 is 11.3 Å². The zero-order chi connectivity index (χ0) is 17.6. The number of nitrogens with zero attached hydrogens (tertiary/aromatic N) is 1. The Kier molecular flexibility index (Phi) is 5.69. The van der Waals surface area contributed by atoms with Crippen LogP contribution in [0.1, 0.15) is 20.8 Å². The van der Waals surface area contributed by atoms with Gasteiger partial charge in [0.1, 0.15) is 0 Å². The van der Waals surface area contributed by atoms with Crippen molar-refractivity contribution in [3.63, 3.8) is 0 Å². The average Bonchev–Trinajstić information content (AvgIpc) is 3.07. The maximum absolute atomic E-state index is 12.4. The van der Waals surface area contributed by atoms with Gasteiger partial charge in [0.25, 0.3) is 11.8 Å². The lowest BCUT2D eigenvalue weighted by Crippen LogP contribution is -2.34. The van der Waals surface area contributed by atoms with Crippen molar-refractivity contribution in [1.29, 1.82) is 0 Å². The van der Waals surface area contributed by atoms with Gasteiger partial charge in [-0.2, -0.15) is 18.3 Å². The summed E-state index contributed by atoms with van der Waals surface area (Å²) in [5.74, 6) is -0.921. The number of carbonyl (C=O) groups is 2. The molecular weight excluding hydrogens is 343 g/mol. The van der Waals surface area contributed by atoms with Crippen molar-refractivity contribution in [2.24, 2.45) is 5.10 Å². The Balaban J connectivity index is 1.79. The van der Waals surface area contributed by atoms with E-state index in [0.29, 0.717) is 10.4 Å². The van der Waals surface area contributed by atoms with Crippen LogP contribution in [0.15, 0.2) is 46.9 Å². The Bertz CT molecular complexity index is 725. The van der Waals surface area contributed by atoms with Gasteiger partial charge in [0, 0.05) is 0 Å². The van der Waals surface area contributed by atoms with Crippen molar-refractivity contribution >= 4 is 29.4 Å². The molecule has 0 saturated carbocycles. The molecule has 0 fully saturated rings. The maximum Gasteiger partial charge on any atom is 0.416 e. The summed E-state index contributed by atoms with van der Waals surface area (Å²) in [5, 5.41) is 7.78.